The largest absolute Gasteiger partial charge is 0.480 e. The SMILES string of the molecule is CC(C)[C@@H](N)C(=O)N1CCCC1C(=O)N1CCC[C@H]1C(=O)O. The van der Waals surface area contributed by atoms with Gasteiger partial charge in [0.05, 0.1) is 6.04 Å². The van der Waals surface area contributed by atoms with Crippen LogP contribution in [0.4, 0.5) is 0 Å². The lowest BCUT2D eigenvalue weighted by Gasteiger charge is -2.32. The summed E-state index contributed by atoms with van der Waals surface area (Å²) in [4.78, 5) is 39.4. The van der Waals surface area contributed by atoms with Crippen LogP contribution in [0, 0.1) is 5.92 Å². The third-order valence-corrected chi connectivity index (χ3v) is 4.65. The number of carboxylic acid groups (broad SMARTS) is 1. The van der Waals surface area contributed by atoms with Gasteiger partial charge in [-0.15, -0.1) is 0 Å². The van der Waals surface area contributed by atoms with Crippen LogP contribution in [0.5, 0.6) is 0 Å². The van der Waals surface area contributed by atoms with Gasteiger partial charge in [-0.1, -0.05) is 13.8 Å². The Morgan fingerprint density at radius 3 is 2.14 bits per heavy atom. The summed E-state index contributed by atoms with van der Waals surface area (Å²) in [5, 5.41) is 9.22. The van der Waals surface area contributed by atoms with Gasteiger partial charge in [0, 0.05) is 13.1 Å². The van der Waals surface area contributed by atoms with Crippen LogP contribution >= 0.6 is 0 Å². The standard InChI is InChI=1S/C15H25N3O4/c1-9(2)12(16)14(20)17-7-3-5-10(17)13(19)18-8-4-6-11(18)15(21)22/h9-12H,3-8,16H2,1-2H3,(H,21,22)/t10?,11-,12+/m0/s1. The molecule has 7 heteroatoms. The molecule has 124 valence electrons. The molecule has 1 unspecified atom stereocenters. The zero-order chi connectivity index (χ0) is 16.4. The number of carbonyl (C=O) groups excluding carboxylic acids is 2. The number of rotatable bonds is 4. The highest BCUT2D eigenvalue weighted by atomic mass is 16.4. The molecule has 3 N–H and O–H groups in total. The molecule has 3 atom stereocenters. The van der Waals surface area contributed by atoms with Crippen LogP contribution in [0.15, 0.2) is 0 Å². The zero-order valence-corrected chi connectivity index (χ0v) is 13.2. The van der Waals surface area contributed by atoms with E-state index in [-0.39, 0.29) is 17.7 Å². The quantitative estimate of drug-likeness (QED) is 0.762. The molecule has 22 heavy (non-hydrogen) atoms. The van der Waals surface area contributed by atoms with Gasteiger partial charge in [0.25, 0.3) is 0 Å². The number of hydrogen-bond donors (Lipinski definition) is 2. The Hall–Kier alpha value is -1.63. The summed E-state index contributed by atoms with van der Waals surface area (Å²) >= 11 is 0. The number of nitrogens with two attached hydrogens (primary N) is 1. The van der Waals surface area contributed by atoms with Crippen LogP contribution in [0.25, 0.3) is 0 Å². The highest BCUT2D eigenvalue weighted by molar-refractivity contribution is 5.92. The van der Waals surface area contributed by atoms with Crippen molar-refractivity contribution in [2.75, 3.05) is 13.1 Å². The van der Waals surface area contributed by atoms with Crippen LogP contribution in [-0.4, -0.2) is 63.9 Å². The molecule has 0 saturated carbocycles. The van der Waals surface area contributed by atoms with Gasteiger partial charge >= 0.3 is 5.97 Å². The van der Waals surface area contributed by atoms with Gasteiger partial charge in [0.2, 0.25) is 11.8 Å². The Kier molecular flexibility index (Phi) is 5.05. The maximum atomic E-state index is 12.7. The number of carbonyl (C=O) groups is 3. The number of amides is 2. The molecule has 0 radical (unpaired) electrons. The van der Waals surface area contributed by atoms with Crippen molar-refractivity contribution in [1.82, 2.24) is 9.80 Å². The normalized spacial score (nSPS) is 26.5. The van der Waals surface area contributed by atoms with E-state index in [2.05, 4.69) is 0 Å². The second kappa shape index (κ2) is 6.64. The molecule has 7 nitrogen and oxygen atoms in total. The molecule has 2 amide bonds. The lowest BCUT2D eigenvalue weighted by molar-refractivity contribution is -0.152. The molecule has 2 aliphatic rings. The van der Waals surface area contributed by atoms with Crippen LogP contribution in [0.1, 0.15) is 39.5 Å². The van der Waals surface area contributed by atoms with Crippen molar-refractivity contribution in [2.45, 2.75) is 57.7 Å². The zero-order valence-electron chi connectivity index (χ0n) is 13.2. The Morgan fingerprint density at radius 1 is 1.05 bits per heavy atom. The van der Waals surface area contributed by atoms with E-state index in [0.29, 0.717) is 32.4 Å². The van der Waals surface area contributed by atoms with Gasteiger partial charge in [-0.25, -0.2) is 4.79 Å². The fourth-order valence-electron chi connectivity index (χ4n) is 3.24. The smallest absolute Gasteiger partial charge is 0.326 e. The van der Waals surface area contributed by atoms with Gasteiger partial charge in [0.15, 0.2) is 0 Å². The van der Waals surface area contributed by atoms with Gasteiger partial charge in [0.1, 0.15) is 12.1 Å². The van der Waals surface area contributed by atoms with Crippen molar-refractivity contribution in [3.63, 3.8) is 0 Å². The molecule has 0 aliphatic carbocycles. The molecule has 2 fully saturated rings. The summed E-state index contributed by atoms with van der Waals surface area (Å²) in [6.07, 6.45) is 2.50. The molecule has 0 spiro atoms. The lowest BCUT2D eigenvalue weighted by Crippen LogP contribution is -2.54. The van der Waals surface area contributed by atoms with Crippen LogP contribution in [0.3, 0.4) is 0 Å². The molecule has 2 heterocycles. The predicted molar refractivity (Wildman–Crippen MR) is 79.9 cm³/mol. The summed E-state index contributed by atoms with van der Waals surface area (Å²) in [6, 6.07) is -1.94. The molecule has 0 aromatic carbocycles. The van der Waals surface area contributed by atoms with Gasteiger partial charge in [-0.2, -0.15) is 0 Å². The Bertz CT molecular complexity index is 466. The molecule has 2 saturated heterocycles. The van der Waals surface area contributed by atoms with Crippen LogP contribution in [0.2, 0.25) is 0 Å². The van der Waals surface area contributed by atoms with E-state index in [1.807, 2.05) is 13.8 Å². The number of carboxylic acids is 1. The second-order valence-corrected chi connectivity index (χ2v) is 6.49. The summed E-state index contributed by atoms with van der Waals surface area (Å²) < 4.78 is 0. The highest BCUT2D eigenvalue weighted by Crippen LogP contribution is 2.25. The summed E-state index contributed by atoms with van der Waals surface area (Å²) in [5.74, 6) is -1.42. The summed E-state index contributed by atoms with van der Waals surface area (Å²) in [6.45, 7) is 4.71. The van der Waals surface area contributed by atoms with Gasteiger partial charge in [-0.05, 0) is 31.6 Å². The number of nitrogens with zero attached hydrogens (tertiary/aromatic N) is 2. The average Bonchev–Trinajstić information content (AvgIpc) is 3.13. The molecule has 0 aromatic heterocycles. The Balaban J connectivity index is 2.11. The third kappa shape index (κ3) is 3.09. The van der Waals surface area contributed by atoms with Gasteiger partial charge in [-0.3, -0.25) is 9.59 Å². The number of hydrogen-bond acceptors (Lipinski definition) is 4. The minimum absolute atomic E-state index is 0.00223. The average molecular weight is 311 g/mol. The molecule has 2 aliphatic heterocycles. The first-order chi connectivity index (χ1) is 10.3. The van der Waals surface area contributed by atoms with Crippen LogP contribution < -0.4 is 5.73 Å². The number of likely N-dealkylation sites (tertiary alicyclic amines) is 2. The topological polar surface area (TPSA) is 104 Å². The minimum Gasteiger partial charge on any atom is -0.480 e. The monoisotopic (exact) mass is 311 g/mol. The fraction of sp³-hybridized carbons (Fsp3) is 0.800. The van der Waals surface area contributed by atoms with E-state index in [1.165, 1.54) is 4.90 Å². The molecular weight excluding hydrogens is 286 g/mol. The van der Waals surface area contributed by atoms with E-state index in [4.69, 9.17) is 5.73 Å². The first-order valence-electron chi connectivity index (χ1n) is 7.94. The van der Waals surface area contributed by atoms with Crippen molar-refractivity contribution < 1.29 is 19.5 Å². The van der Waals surface area contributed by atoms with Crippen molar-refractivity contribution in [3.8, 4) is 0 Å². The molecule has 0 bridgehead atoms. The fourth-order valence-corrected chi connectivity index (χ4v) is 3.24. The molecule has 0 aromatic rings. The minimum atomic E-state index is -0.972. The Morgan fingerprint density at radius 2 is 1.59 bits per heavy atom. The predicted octanol–water partition coefficient (Wildman–Crippen LogP) is 0.0363. The maximum absolute atomic E-state index is 12.7. The van der Waals surface area contributed by atoms with E-state index in [1.54, 1.807) is 4.90 Å². The van der Waals surface area contributed by atoms with Crippen molar-refractivity contribution in [3.05, 3.63) is 0 Å². The van der Waals surface area contributed by atoms with Crippen molar-refractivity contribution in [2.24, 2.45) is 11.7 Å². The highest BCUT2D eigenvalue weighted by Gasteiger charge is 2.43. The summed E-state index contributed by atoms with van der Waals surface area (Å²) in [5.41, 5.74) is 5.92. The van der Waals surface area contributed by atoms with E-state index >= 15 is 0 Å². The van der Waals surface area contributed by atoms with E-state index in [9.17, 15) is 19.5 Å². The number of aliphatic carboxylic acids is 1. The Labute approximate surface area is 130 Å². The maximum Gasteiger partial charge on any atom is 0.326 e. The van der Waals surface area contributed by atoms with Gasteiger partial charge < -0.3 is 20.6 Å². The first-order valence-corrected chi connectivity index (χ1v) is 7.94. The van der Waals surface area contributed by atoms with Crippen LogP contribution in [-0.2, 0) is 14.4 Å². The third-order valence-electron chi connectivity index (χ3n) is 4.65. The second-order valence-electron chi connectivity index (χ2n) is 6.49. The van der Waals surface area contributed by atoms with Crippen molar-refractivity contribution in [1.29, 1.82) is 0 Å². The van der Waals surface area contributed by atoms with Crippen molar-refractivity contribution >= 4 is 17.8 Å². The first kappa shape index (κ1) is 16.7. The molecular formula is C15H25N3O4. The lowest BCUT2D eigenvalue weighted by atomic mass is 10.0. The molecule has 2 rings (SSSR count). The van der Waals surface area contributed by atoms with E-state index in [0.717, 1.165) is 6.42 Å². The summed E-state index contributed by atoms with van der Waals surface area (Å²) in [7, 11) is 0. The van der Waals surface area contributed by atoms with E-state index < -0.39 is 24.1 Å².